The number of carbonyl (C=O) groups is 2. The van der Waals surface area contributed by atoms with E-state index in [4.69, 9.17) is 0 Å². The molecule has 1 unspecified atom stereocenters. The second-order valence-corrected chi connectivity index (χ2v) is 4.63. The lowest BCUT2D eigenvalue weighted by molar-refractivity contribution is -0.122. The van der Waals surface area contributed by atoms with Crippen molar-refractivity contribution in [2.45, 2.75) is 18.9 Å². The zero-order valence-electron chi connectivity index (χ0n) is 10.3. The van der Waals surface area contributed by atoms with Crippen LogP contribution in [0.4, 0.5) is 0 Å². The molecule has 0 aliphatic carbocycles. The monoisotopic (exact) mass is 258 g/mol. The van der Waals surface area contributed by atoms with E-state index in [-0.39, 0.29) is 17.9 Å². The van der Waals surface area contributed by atoms with E-state index in [0.29, 0.717) is 25.1 Å². The Kier molecular flexibility index (Phi) is 2.91. The van der Waals surface area contributed by atoms with Crippen LogP contribution < -0.4 is 10.6 Å². The largest absolute Gasteiger partial charge is 0.354 e. The number of piperidine rings is 1. The number of rotatable bonds is 2. The highest BCUT2D eigenvalue weighted by atomic mass is 16.2. The van der Waals surface area contributed by atoms with Crippen LogP contribution in [0.5, 0.6) is 0 Å². The van der Waals surface area contributed by atoms with Gasteiger partial charge in [-0.1, -0.05) is 18.2 Å². The number of nitrogens with one attached hydrogen (secondary N) is 3. The third-order valence-corrected chi connectivity index (χ3v) is 3.29. The van der Waals surface area contributed by atoms with Crippen LogP contribution in [0.15, 0.2) is 24.3 Å². The maximum Gasteiger partial charge on any atom is 0.272 e. The van der Waals surface area contributed by atoms with Gasteiger partial charge in [-0.15, -0.1) is 0 Å². The van der Waals surface area contributed by atoms with E-state index in [2.05, 4.69) is 20.8 Å². The first-order chi connectivity index (χ1) is 9.24. The molecule has 0 bridgehead atoms. The smallest absolute Gasteiger partial charge is 0.272 e. The van der Waals surface area contributed by atoms with Crippen molar-refractivity contribution in [3.8, 4) is 0 Å². The van der Waals surface area contributed by atoms with Gasteiger partial charge >= 0.3 is 0 Å². The number of aromatic amines is 1. The summed E-state index contributed by atoms with van der Waals surface area (Å²) in [4.78, 5) is 23.2. The van der Waals surface area contributed by atoms with E-state index in [9.17, 15) is 9.59 Å². The highest BCUT2D eigenvalue weighted by Crippen LogP contribution is 2.15. The minimum atomic E-state index is -0.210. The van der Waals surface area contributed by atoms with Crippen molar-refractivity contribution in [3.05, 3.63) is 30.0 Å². The second kappa shape index (κ2) is 4.72. The lowest BCUT2D eigenvalue weighted by Crippen LogP contribution is -2.47. The lowest BCUT2D eigenvalue weighted by atomic mass is 10.1. The number of carbonyl (C=O) groups excluding carboxylic acids is 2. The van der Waals surface area contributed by atoms with Crippen molar-refractivity contribution in [2.75, 3.05) is 6.54 Å². The van der Waals surface area contributed by atoms with E-state index in [0.717, 1.165) is 10.9 Å². The summed E-state index contributed by atoms with van der Waals surface area (Å²) in [7, 11) is 0. The third kappa shape index (κ3) is 2.29. The molecule has 2 aromatic rings. The molecule has 6 heteroatoms. The zero-order valence-corrected chi connectivity index (χ0v) is 10.3. The van der Waals surface area contributed by atoms with Crippen LogP contribution in [0.25, 0.3) is 10.9 Å². The van der Waals surface area contributed by atoms with E-state index >= 15 is 0 Å². The van der Waals surface area contributed by atoms with Gasteiger partial charge in [0.15, 0.2) is 5.69 Å². The quantitative estimate of drug-likeness (QED) is 0.736. The zero-order chi connectivity index (χ0) is 13.2. The third-order valence-electron chi connectivity index (χ3n) is 3.29. The Morgan fingerprint density at radius 2 is 2.21 bits per heavy atom. The van der Waals surface area contributed by atoms with Crippen LogP contribution in [0.1, 0.15) is 23.3 Å². The van der Waals surface area contributed by atoms with Crippen molar-refractivity contribution >= 4 is 22.7 Å². The Morgan fingerprint density at radius 3 is 3.00 bits per heavy atom. The van der Waals surface area contributed by atoms with Gasteiger partial charge in [0, 0.05) is 24.4 Å². The summed E-state index contributed by atoms with van der Waals surface area (Å²) in [5.74, 6) is -0.172. The molecule has 2 heterocycles. The Labute approximate surface area is 109 Å². The number of nitrogens with zero attached hydrogens (tertiary/aromatic N) is 1. The normalized spacial score (nSPS) is 19.2. The van der Waals surface area contributed by atoms with Gasteiger partial charge in [-0.25, -0.2) is 0 Å². The molecule has 0 saturated carbocycles. The summed E-state index contributed by atoms with van der Waals surface area (Å²) in [6.07, 6.45) is 1.12. The topological polar surface area (TPSA) is 86.9 Å². The van der Waals surface area contributed by atoms with E-state index in [1.165, 1.54) is 0 Å². The molecule has 0 radical (unpaired) electrons. The molecule has 98 valence electrons. The molecule has 1 aromatic heterocycles. The molecule has 3 rings (SSSR count). The minimum Gasteiger partial charge on any atom is -0.354 e. The summed E-state index contributed by atoms with van der Waals surface area (Å²) >= 11 is 0. The standard InChI is InChI=1S/C13H14N4O2/c18-11-6-5-8(7-14-11)15-13(19)12-9-3-1-2-4-10(9)16-17-12/h1-4,8H,5-7H2,(H,14,18)(H,15,19)(H,16,17). The van der Waals surface area contributed by atoms with Gasteiger partial charge in [0.1, 0.15) is 0 Å². The Bertz CT molecular complexity index is 624. The van der Waals surface area contributed by atoms with Crippen LogP contribution in [0.3, 0.4) is 0 Å². The van der Waals surface area contributed by atoms with Crippen molar-refractivity contribution in [3.63, 3.8) is 0 Å². The second-order valence-electron chi connectivity index (χ2n) is 4.63. The SMILES string of the molecule is O=C1CCC(NC(=O)c2n[nH]c3ccccc23)CN1. The van der Waals surface area contributed by atoms with Crippen molar-refractivity contribution in [1.29, 1.82) is 0 Å². The molecular weight excluding hydrogens is 244 g/mol. The van der Waals surface area contributed by atoms with Crippen LogP contribution >= 0.6 is 0 Å². The Balaban J connectivity index is 1.75. The van der Waals surface area contributed by atoms with Gasteiger partial charge in [-0.05, 0) is 12.5 Å². The predicted molar refractivity (Wildman–Crippen MR) is 69.6 cm³/mol. The number of aromatic nitrogens is 2. The Morgan fingerprint density at radius 1 is 1.37 bits per heavy atom. The van der Waals surface area contributed by atoms with E-state index in [1.807, 2.05) is 24.3 Å². The molecule has 19 heavy (non-hydrogen) atoms. The van der Waals surface area contributed by atoms with E-state index in [1.54, 1.807) is 0 Å². The fraction of sp³-hybridized carbons (Fsp3) is 0.308. The van der Waals surface area contributed by atoms with Crippen LogP contribution in [0, 0.1) is 0 Å². The highest BCUT2D eigenvalue weighted by Gasteiger charge is 2.22. The minimum absolute atomic E-state index is 0.0272. The summed E-state index contributed by atoms with van der Waals surface area (Å²) in [5.41, 5.74) is 1.23. The van der Waals surface area contributed by atoms with Gasteiger partial charge in [0.05, 0.1) is 5.52 Å². The molecule has 3 N–H and O–H groups in total. The van der Waals surface area contributed by atoms with Gasteiger partial charge in [-0.2, -0.15) is 5.10 Å². The van der Waals surface area contributed by atoms with Crippen LogP contribution in [-0.2, 0) is 4.79 Å². The molecule has 1 fully saturated rings. The highest BCUT2D eigenvalue weighted by molar-refractivity contribution is 6.04. The van der Waals surface area contributed by atoms with Crippen molar-refractivity contribution < 1.29 is 9.59 Å². The van der Waals surface area contributed by atoms with Crippen LogP contribution in [-0.4, -0.2) is 34.6 Å². The number of H-pyrrole nitrogens is 1. The fourth-order valence-electron chi connectivity index (χ4n) is 2.25. The first-order valence-electron chi connectivity index (χ1n) is 6.25. The summed E-state index contributed by atoms with van der Waals surface area (Å²) in [6.45, 7) is 0.479. The lowest BCUT2D eigenvalue weighted by Gasteiger charge is -2.23. The van der Waals surface area contributed by atoms with Gasteiger partial charge < -0.3 is 10.6 Å². The Hall–Kier alpha value is -2.37. The molecule has 1 atom stereocenters. The summed E-state index contributed by atoms with van der Waals surface area (Å²) in [5, 5.41) is 13.3. The maximum atomic E-state index is 12.2. The summed E-state index contributed by atoms with van der Waals surface area (Å²) < 4.78 is 0. The molecular formula is C13H14N4O2. The van der Waals surface area contributed by atoms with E-state index < -0.39 is 0 Å². The maximum absolute atomic E-state index is 12.2. The number of hydrogen-bond donors (Lipinski definition) is 3. The van der Waals surface area contributed by atoms with Gasteiger partial charge in [-0.3, -0.25) is 14.7 Å². The number of para-hydroxylation sites is 1. The molecule has 2 amide bonds. The van der Waals surface area contributed by atoms with Crippen molar-refractivity contribution in [1.82, 2.24) is 20.8 Å². The number of hydrogen-bond acceptors (Lipinski definition) is 3. The molecule has 1 aliphatic heterocycles. The first-order valence-corrected chi connectivity index (χ1v) is 6.25. The average molecular weight is 258 g/mol. The van der Waals surface area contributed by atoms with Crippen molar-refractivity contribution in [2.24, 2.45) is 0 Å². The summed E-state index contributed by atoms with van der Waals surface area (Å²) in [6, 6.07) is 7.46. The predicted octanol–water partition coefficient (Wildman–Crippen LogP) is 0.571. The first kappa shape index (κ1) is 11.7. The molecule has 1 aliphatic rings. The number of benzene rings is 1. The van der Waals surface area contributed by atoms with Crippen LogP contribution in [0.2, 0.25) is 0 Å². The molecule has 0 spiro atoms. The van der Waals surface area contributed by atoms with Gasteiger partial charge in [0.25, 0.3) is 5.91 Å². The number of amides is 2. The average Bonchev–Trinajstić information content (AvgIpc) is 2.85. The molecule has 1 saturated heterocycles. The van der Waals surface area contributed by atoms with Gasteiger partial charge in [0.2, 0.25) is 5.91 Å². The number of fused-ring (bicyclic) bond motifs is 1. The molecule has 1 aromatic carbocycles. The molecule has 6 nitrogen and oxygen atoms in total. The fourth-order valence-corrected chi connectivity index (χ4v) is 2.25.